The van der Waals surface area contributed by atoms with Gasteiger partial charge in [0.15, 0.2) is 12.0 Å². The Morgan fingerprint density at radius 2 is 2.28 bits per heavy atom. The molecular formula is C15H20N2O. The Bertz CT molecular complexity index is 559. The van der Waals surface area contributed by atoms with Gasteiger partial charge in [-0.1, -0.05) is 19.9 Å². The molecule has 1 aliphatic rings. The minimum Gasteiger partial charge on any atom is -0.443 e. The number of benzene rings is 1. The van der Waals surface area contributed by atoms with E-state index in [9.17, 15) is 0 Å². The number of fused-ring (bicyclic) bond motifs is 3. The topological polar surface area (TPSA) is 29.3 Å². The van der Waals surface area contributed by atoms with Crippen LogP contribution < -0.4 is 0 Å². The highest BCUT2D eigenvalue weighted by Crippen LogP contribution is 2.29. The van der Waals surface area contributed by atoms with Crippen LogP contribution in [-0.4, -0.2) is 22.5 Å². The van der Waals surface area contributed by atoms with Gasteiger partial charge in [-0.2, -0.15) is 0 Å². The summed E-state index contributed by atoms with van der Waals surface area (Å²) in [6.45, 7) is 9.06. The molecule has 3 rings (SSSR count). The van der Waals surface area contributed by atoms with E-state index in [0.717, 1.165) is 30.6 Å². The molecule has 1 atom stereocenters. The number of hydrogen-bond donors (Lipinski definition) is 0. The van der Waals surface area contributed by atoms with Gasteiger partial charge in [-0.25, -0.2) is 4.98 Å². The molecule has 1 unspecified atom stereocenters. The van der Waals surface area contributed by atoms with Crippen LogP contribution in [-0.2, 0) is 13.0 Å². The molecule has 18 heavy (non-hydrogen) atoms. The molecule has 2 heterocycles. The van der Waals surface area contributed by atoms with Crippen LogP contribution in [0, 0.1) is 5.92 Å². The van der Waals surface area contributed by atoms with Crippen LogP contribution in [0.1, 0.15) is 31.9 Å². The summed E-state index contributed by atoms with van der Waals surface area (Å²) in [6.07, 6.45) is 2.62. The maximum atomic E-state index is 5.55. The second-order valence-electron chi connectivity index (χ2n) is 5.78. The average molecular weight is 244 g/mol. The molecule has 0 saturated heterocycles. The fourth-order valence-electron chi connectivity index (χ4n) is 2.91. The lowest BCUT2D eigenvalue weighted by molar-refractivity contribution is 0.164. The number of hydrogen-bond acceptors (Lipinski definition) is 3. The lowest BCUT2D eigenvalue weighted by atomic mass is 9.93. The second-order valence-corrected chi connectivity index (χ2v) is 5.78. The van der Waals surface area contributed by atoms with E-state index in [1.807, 2.05) is 0 Å². The van der Waals surface area contributed by atoms with Crippen molar-refractivity contribution in [2.24, 2.45) is 5.92 Å². The first-order valence-electron chi connectivity index (χ1n) is 6.73. The van der Waals surface area contributed by atoms with Crippen LogP contribution in [0.2, 0.25) is 0 Å². The predicted octanol–water partition coefficient (Wildman–Crippen LogP) is 3.23. The highest BCUT2D eigenvalue weighted by Gasteiger charge is 2.25. The lowest BCUT2D eigenvalue weighted by Gasteiger charge is -2.35. The quantitative estimate of drug-likeness (QED) is 0.812. The Morgan fingerprint density at radius 3 is 3.06 bits per heavy atom. The van der Waals surface area contributed by atoms with Crippen LogP contribution in [0.5, 0.6) is 0 Å². The van der Waals surface area contributed by atoms with Crippen LogP contribution in [0.25, 0.3) is 11.1 Å². The van der Waals surface area contributed by atoms with Gasteiger partial charge in [0.25, 0.3) is 0 Å². The zero-order valence-corrected chi connectivity index (χ0v) is 11.3. The van der Waals surface area contributed by atoms with E-state index in [0.29, 0.717) is 12.0 Å². The van der Waals surface area contributed by atoms with Crippen LogP contribution in [0.15, 0.2) is 22.9 Å². The highest BCUT2D eigenvalue weighted by atomic mass is 16.3. The number of nitrogens with zero attached hydrogens (tertiary/aromatic N) is 2. The normalized spacial score (nSPS) is 20.6. The van der Waals surface area contributed by atoms with E-state index >= 15 is 0 Å². The molecule has 0 N–H and O–H groups in total. The van der Waals surface area contributed by atoms with E-state index in [-0.39, 0.29) is 0 Å². The molecule has 2 aromatic rings. The van der Waals surface area contributed by atoms with E-state index in [1.165, 1.54) is 11.1 Å². The van der Waals surface area contributed by atoms with Gasteiger partial charge >= 0.3 is 0 Å². The van der Waals surface area contributed by atoms with Crippen molar-refractivity contribution in [2.75, 3.05) is 6.54 Å². The molecule has 0 amide bonds. The summed E-state index contributed by atoms with van der Waals surface area (Å²) in [4.78, 5) is 6.80. The summed E-state index contributed by atoms with van der Waals surface area (Å²) in [7, 11) is 0. The summed E-state index contributed by atoms with van der Waals surface area (Å²) < 4.78 is 5.55. The molecule has 1 aromatic heterocycles. The molecule has 96 valence electrons. The Kier molecular flexibility index (Phi) is 2.86. The minimum atomic E-state index is 0.579. The largest absolute Gasteiger partial charge is 0.443 e. The van der Waals surface area contributed by atoms with Crippen LogP contribution >= 0.6 is 0 Å². The Morgan fingerprint density at radius 1 is 1.44 bits per heavy atom. The smallest absolute Gasteiger partial charge is 0.181 e. The molecule has 0 spiro atoms. The van der Waals surface area contributed by atoms with Gasteiger partial charge in [0, 0.05) is 24.7 Å². The molecule has 0 radical (unpaired) electrons. The van der Waals surface area contributed by atoms with Gasteiger partial charge in [-0.05, 0) is 30.9 Å². The van der Waals surface area contributed by atoms with Crippen LogP contribution in [0.3, 0.4) is 0 Å². The van der Waals surface area contributed by atoms with Gasteiger partial charge in [0.05, 0.1) is 0 Å². The Balaban J connectivity index is 1.97. The third kappa shape index (κ3) is 1.93. The van der Waals surface area contributed by atoms with Crippen molar-refractivity contribution in [1.29, 1.82) is 0 Å². The molecule has 1 aromatic carbocycles. The third-order valence-corrected chi connectivity index (χ3v) is 3.80. The molecular weight excluding hydrogens is 224 g/mol. The fraction of sp³-hybridized carbons (Fsp3) is 0.533. The summed E-state index contributed by atoms with van der Waals surface area (Å²) in [6, 6.07) is 4.86. The summed E-state index contributed by atoms with van der Waals surface area (Å²) in [5, 5.41) is 0. The maximum Gasteiger partial charge on any atom is 0.181 e. The van der Waals surface area contributed by atoms with Crippen molar-refractivity contribution < 1.29 is 4.42 Å². The van der Waals surface area contributed by atoms with Crippen molar-refractivity contribution in [1.82, 2.24) is 9.88 Å². The van der Waals surface area contributed by atoms with E-state index in [2.05, 4.69) is 42.8 Å². The number of aromatic nitrogens is 1. The molecule has 1 aliphatic heterocycles. The second kappa shape index (κ2) is 4.39. The third-order valence-electron chi connectivity index (χ3n) is 3.80. The molecule has 0 fully saturated rings. The fourth-order valence-corrected chi connectivity index (χ4v) is 2.91. The van der Waals surface area contributed by atoms with Crippen molar-refractivity contribution in [3.63, 3.8) is 0 Å². The van der Waals surface area contributed by atoms with Gasteiger partial charge in [-0.15, -0.1) is 0 Å². The van der Waals surface area contributed by atoms with Crippen molar-refractivity contribution in [3.05, 3.63) is 29.7 Å². The number of rotatable bonds is 2. The Labute approximate surface area is 108 Å². The van der Waals surface area contributed by atoms with Crippen LogP contribution in [0.4, 0.5) is 0 Å². The average Bonchev–Trinajstić information content (AvgIpc) is 2.78. The molecule has 3 nitrogen and oxygen atoms in total. The monoisotopic (exact) mass is 244 g/mol. The summed E-state index contributed by atoms with van der Waals surface area (Å²) >= 11 is 0. The zero-order valence-electron chi connectivity index (χ0n) is 11.3. The molecule has 0 aliphatic carbocycles. The predicted molar refractivity (Wildman–Crippen MR) is 72.4 cm³/mol. The van der Waals surface area contributed by atoms with Crippen molar-refractivity contribution >= 4 is 11.1 Å². The lowest BCUT2D eigenvalue weighted by Crippen LogP contribution is -2.40. The maximum absolute atomic E-state index is 5.55. The first-order valence-corrected chi connectivity index (χ1v) is 6.73. The van der Waals surface area contributed by atoms with E-state index < -0.39 is 0 Å². The van der Waals surface area contributed by atoms with E-state index in [1.54, 1.807) is 6.39 Å². The van der Waals surface area contributed by atoms with Gasteiger partial charge in [0.2, 0.25) is 0 Å². The first-order chi connectivity index (χ1) is 8.65. The number of oxazole rings is 1. The minimum absolute atomic E-state index is 0.579. The van der Waals surface area contributed by atoms with Gasteiger partial charge < -0.3 is 4.42 Å². The van der Waals surface area contributed by atoms with E-state index in [4.69, 9.17) is 4.42 Å². The molecule has 0 saturated carbocycles. The van der Waals surface area contributed by atoms with Crippen molar-refractivity contribution in [2.45, 2.75) is 39.8 Å². The van der Waals surface area contributed by atoms with Gasteiger partial charge in [0.1, 0.15) is 5.52 Å². The zero-order chi connectivity index (χ0) is 12.7. The standard InChI is InChI=1S/C15H20N2O/c1-10(2)7-17-8-12-4-5-14-15(18-9-16-14)13(12)6-11(17)3/h4-5,9-11H,6-8H2,1-3H3. The summed E-state index contributed by atoms with van der Waals surface area (Å²) in [5.41, 5.74) is 4.73. The van der Waals surface area contributed by atoms with Crippen molar-refractivity contribution in [3.8, 4) is 0 Å². The Hall–Kier alpha value is -1.35. The molecule has 3 heteroatoms. The highest BCUT2D eigenvalue weighted by molar-refractivity contribution is 5.77. The summed E-state index contributed by atoms with van der Waals surface area (Å²) in [5.74, 6) is 0.711. The first kappa shape index (κ1) is 11.7. The molecule has 0 bridgehead atoms. The SMILES string of the molecule is CC(C)CN1Cc2ccc3ncoc3c2CC1C. The van der Waals surface area contributed by atoms with Gasteiger partial charge in [-0.3, -0.25) is 4.90 Å².